The van der Waals surface area contributed by atoms with Gasteiger partial charge in [0.2, 0.25) is 0 Å². The van der Waals surface area contributed by atoms with E-state index in [1.165, 1.54) is 17.5 Å². The lowest BCUT2D eigenvalue weighted by Gasteiger charge is -2.06. The maximum Gasteiger partial charge on any atom is 0.271 e. The lowest BCUT2D eigenvalue weighted by Crippen LogP contribution is -2.31. The molecule has 3 aromatic rings. The summed E-state index contributed by atoms with van der Waals surface area (Å²) in [6.45, 7) is 0.363. The second-order valence-electron chi connectivity index (χ2n) is 6.44. The van der Waals surface area contributed by atoms with Crippen molar-refractivity contribution in [3.63, 3.8) is 0 Å². The Kier molecular flexibility index (Phi) is 4.91. The van der Waals surface area contributed by atoms with Gasteiger partial charge in [-0.15, -0.1) is 11.3 Å². The van der Waals surface area contributed by atoms with Crippen LogP contribution in [-0.2, 0) is 19.4 Å². The number of aromatic nitrogens is 2. The highest BCUT2D eigenvalue weighted by molar-refractivity contribution is 9.10. The van der Waals surface area contributed by atoms with Gasteiger partial charge in [0.05, 0.1) is 0 Å². The molecule has 5 nitrogen and oxygen atoms in total. The fourth-order valence-corrected chi connectivity index (χ4v) is 4.94. The zero-order chi connectivity index (χ0) is 18.1. The van der Waals surface area contributed by atoms with E-state index in [4.69, 9.17) is 0 Å². The Hall–Kier alpha value is -1.99. The molecule has 0 saturated heterocycles. The first-order valence-electron chi connectivity index (χ1n) is 8.68. The van der Waals surface area contributed by atoms with Gasteiger partial charge in [-0.2, -0.15) is 0 Å². The minimum absolute atomic E-state index is 0.0994. The summed E-state index contributed by atoms with van der Waals surface area (Å²) in [5.41, 5.74) is 1.84. The van der Waals surface area contributed by atoms with Crippen LogP contribution in [-0.4, -0.2) is 15.3 Å². The van der Waals surface area contributed by atoms with Gasteiger partial charge in [0, 0.05) is 27.8 Å². The smallest absolute Gasteiger partial charge is 0.271 e. The van der Waals surface area contributed by atoms with Crippen molar-refractivity contribution in [2.24, 2.45) is 0 Å². The van der Waals surface area contributed by atoms with Crippen molar-refractivity contribution in [3.05, 3.63) is 67.0 Å². The third-order valence-electron chi connectivity index (χ3n) is 4.64. The Morgan fingerprint density at radius 1 is 1.27 bits per heavy atom. The standard InChI is InChI=1S/C19H18BrN3O2S/c20-13-6-4-5-12(9-13)10-21-17(24)14-11-22-19-23(18(14)25)15-7-2-1-3-8-16(15)26-19/h4-6,9,11H,1-3,7-8,10H2,(H,21,24). The summed E-state index contributed by atoms with van der Waals surface area (Å²) in [5.74, 6) is -0.384. The van der Waals surface area contributed by atoms with E-state index in [0.717, 1.165) is 41.4 Å². The molecule has 26 heavy (non-hydrogen) atoms. The van der Waals surface area contributed by atoms with Gasteiger partial charge in [-0.3, -0.25) is 14.0 Å². The highest BCUT2D eigenvalue weighted by atomic mass is 79.9. The molecule has 134 valence electrons. The van der Waals surface area contributed by atoms with Gasteiger partial charge < -0.3 is 5.32 Å². The first kappa shape index (κ1) is 17.4. The lowest BCUT2D eigenvalue weighted by atomic mass is 10.2. The van der Waals surface area contributed by atoms with Gasteiger partial charge in [0.15, 0.2) is 4.96 Å². The number of halogens is 1. The average molecular weight is 432 g/mol. The van der Waals surface area contributed by atoms with E-state index in [1.54, 1.807) is 15.7 Å². The lowest BCUT2D eigenvalue weighted by molar-refractivity contribution is 0.0949. The number of nitrogens with one attached hydrogen (secondary N) is 1. The number of fused-ring (bicyclic) bond motifs is 3. The number of nitrogens with zero attached hydrogens (tertiary/aromatic N) is 2. The van der Waals surface area contributed by atoms with E-state index >= 15 is 0 Å². The van der Waals surface area contributed by atoms with Crippen LogP contribution >= 0.6 is 27.3 Å². The molecule has 1 aromatic carbocycles. The molecular formula is C19H18BrN3O2S. The number of amides is 1. The van der Waals surface area contributed by atoms with Gasteiger partial charge in [0.1, 0.15) is 5.56 Å². The fraction of sp³-hybridized carbons (Fsp3) is 0.316. The minimum atomic E-state index is -0.384. The molecule has 1 amide bonds. The highest BCUT2D eigenvalue weighted by Gasteiger charge is 2.20. The normalized spacial score (nSPS) is 14.0. The predicted octanol–water partition coefficient (Wildman–Crippen LogP) is 3.72. The Bertz CT molecular complexity index is 1040. The topological polar surface area (TPSA) is 63.5 Å². The van der Waals surface area contributed by atoms with Crippen molar-refractivity contribution >= 4 is 38.1 Å². The number of hydrogen-bond donors (Lipinski definition) is 1. The predicted molar refractivity (Wildman–Crippen MR) is 106 cm³/mol. The summed E-state index contributed by atoms with van der Waals surface area (Å²) in [6, 6.07) is 7.71. The summed E-state index contributed by atoms with van der Waals surface area (Å²) in [7, 11) is 0. The van der Waals surface area contributed by atoms with E-state index in [1.807, 2.05) is 24.3 Å². The minimum Gasteiger partial charge on any atom is -0.348 e. The van der Waals surface area contributed by atoms with Crippen LogP contribution in [0, 0.1) is 0 Å². The molecule has 4 rings (SSSR count). The van der Waals surface area contributed by atoms with Crippen LogP contribution in [0.2, 0.25) is 0 Å². The second-order valence-corrected chi connectivity index (χ2v) is 8.42. The van der Waals surface area contributed by atoms with Crippen LogP contribution in [0.1, 0.15) is 45.8 Å². The van der Waals surface area contributed by atoms with E-state index in [9.17, 15) is 9.59 Å². The molecule has 1 N–H and O–H groups in total. The Labute approximate surface area is 163 Å². The Balaban J connectivity index is 1.64. The molecule has 0 unspecified atom stereocenters. The van der Waals surface area contributed by atoms with Crippen LogP contribution < -0.4 is 10.9 Å². The molecule has 0 atom stereocenters. The molecule has 1 aliphatic carbocycles. The highest BCUT2D eigenvalue weighted by Crippen LogP contribution is 2.27. The van der Waals surface area contributed by atoms with Crippen LogP contribution in [0.3, 0.4) is 0 Å². The zero-order valence-corrected chi connectivity index (χ0v) is 16.5. The molecule has 0 aliphatic heterocycles. The zero-order valence-electron chi connectivity index (χ0n) is 14.1. The summed E-state index contributed by atoms with van der Waals surface area (Å²) in [5, 5.41) is 2.82. The van der Waals surface area contributed by atoms with E-state index < -0.39 is 0 Å². The van der Waals surface area contributed by atoms with Crippen molar-refractivity contribution in [1.29, 1.82) is 0 Å². The number of benzene rings is 1. The molecule has 2 heterocycles. The molecule has 0 bridgehead atoms. The number of hydrogen-bond acceptors (Lipinski definition) is 4. The van der Waals surface area contributed by atoms with Gasteiger partial charge in [0.25, 0.3) is 11.5 Å². The van der Waals surface area contributed by atoms with Crippen molar-refractivity contribution < 1.29 is 4.79 Å². The number of carbonyl (C=O) groups excluding carboxylic acids is 1. The molecule has 1 aliphatic rings. The first-order chi connectivity index (χ1) is 12.6. The SMILES string of the molecule is O=C(NCc1cccc(Br)c1)c1cnc2sc3c(n2c1=O)CCCCC3. The van der Waals surface area contributed by atoms with Crippen molar-refractivity contribution in [3.8, 4) is 0 Å². The first-order valence-corrected chi connectivity index (χ1v) is 10.3. The number of rotatable bonds is 3. The fourth-order valence-electron chi connectivity index (χ4n) is 3.33. The monoisotopic (exact) mass is 431 g/mol. The van der Waals surface area contributed by atoms with Crippen molar-refractivity contribution in [2.75, 3.05) is 0 Å². The average Bonchev–Trinajstić information content (AvgIpc) is 2.83. The largest absolute Gasteiger partial charge is 0.348 e. The number of thiazole rings is 1. The summed E-state index contributed by atoms with van der Waals surface area (Å²) in [6.07, 6.45) is 6.67. The maximum absolute atomic E-state index is 12.9. The van der Waals surface area contributed by atoms with Gasteiger partial charge in [-0.05, 0) is 43.4 Å². The third kappa shape index (κ3) is 3.33. The number of aryl methyl sites for hydroxylation is 2. The molecule has 2 aromatic heterocycles. The van der Waals surface area contributed by atoms with Crippen molar-refractivity contribution in [2.45, 2.75) is 38.6 Å². The van der Waals surface area contributed by atoms with Gasteiger partial charge in [-0.1, -0.05) is 34.5 Å². The van der Waals surface area contributed by atoms with Gasteiger partial charge in [-0.25, -0.2) is 4.98 Å². The van der Waals surface area contributed by atoms with Crippen LogP contribution in [0.5, 0.6) is 0 Å². The molecule has 0 spiro atoms. The van der Waals surface area contributed by atoms with E-state index in [-0.39, 0.29) is 17.0 Å². The summed E-state index contributed by atoms with van der Waals surface area (Å²) in [4.78, 5) is 31.8. The molecule has 0 radical (unpaired) electrons. The van der Waals surface area contributed by atoms with Gasteiger partial charge >= 0.3 is 0 Å². The second kappa shape index (κ2) is 7.32. The molecule has 0 saturated carbocycles. The molecular weight excluding hydrogens is 414 g/mol. The van der Waals surface area contributed by atoms with E-state index in [0.29, 0.717) is 11.5 Å². The Morgan fingerprint density at radius 3 is 2.96 bits per heavy atom. The molecule has 7 heteroatoms. The summed E-state index contributed by atoms with van der Waals surface area (Å²) < 4.78 is 2.60. The van der Waals surface area contributed by atoms with E-state index in [2.05, 4.69) is 26.2 Å². The third-order valence-corrected chi connectivity index (χ3v) is 6.29. The quantitative estimate of drug-likeness (QED) is 0.642. The van der Waals surface area contributed by atoms with Crippen LogP contribution in [0.15, 0.2) is 39.7 Å². The summed E-state index contributed by atoms with van der Waals surface area (Å²) >= 11 is 4.99. The van der Waals surface area contributed by atoms with Crippen LogP contribution in [0.25, 0.3) is 4.96 Å². The number of carbonyl (C=O) groups is 1. The Morgan fingerprint density at radius 2 is 2.12 bits per heavy atom. The van der Waals surface area contributed by atoms with Crippen LogP contribution in [0.4, 0.5) is 0 Å². The van der Waals surface area contributed by atoms with Crippen molar-refractivity contribution in [1.82, 2.24) is 14.7 Å². The molecule has 0 fully saturated rings. The maximum atomic E-state index is 12.9.